The Morgan fingerprint density at radius 2 is 0.750 bits per heavy atom. The largest absolute Gasteiger partial charge is 3.00 e. The van der Waals surface area contributed by atoms with Crippen molar-refractivity contribution in [3.63, 3.8) is 0 Å². The van der Waals surface area contributed by atoms with Gasteiger partial charge in [-0.25, -0.2) is 0 Å². The van der Waals surface area contributed by atoms with Crippen molar-refractivity contribution in [1.29, 1.82) is 0 Å². The van der Waals surface area contributed by atoms with Gasteiger partial charge in [-0.15, -0.1) is 20.8 Å². The van der Waals surface area contributed by atoms with Gasteiger partial charge in [0.25, 0.3) is 0 Å². The molecule has 0 aliphatic heterocycles. The Kier molecular flexibility index (Phi) is 29.6. The summed E-state index contributed by atoms with van der Waals surface area (Å²) >= 11 is 0. The van der Waals surface area contributed by atoms with E-state index in [0.29, 0.717) is 0 Å². The zero-order valence-electron chi connectivity index (χ0n) is 9.13. The predicted octanol–water partition coefficient (Wildman–Crippen LogP) is 1.90. The Bertz CT molecular complexity index is 262. The average molecular weight is 253 g/mol. The van der Waals surface area contributed by atoms with E-state index in [1.165, 1.54) is 0 Å². The Morgan fingerprint density at radius 1 is 0.625 bits per heavy atom. The molecule has 1 radical (unpaired) electrons. The van der Waals surface area contributed by atoms with Gasteiger partial charge in [0.1, 0.15) is 0 Å². The fraction of sp³-hybridized carbons (Fsp3) is 0.250. The first-order chi connectivity index (χ1) is 7.18. The summed E-state index contributed by atoms with van der Waals surface area (Å²) in [6.45, 7) is 19.5. The fourth-order valence-electron chi connectivity index (χ4n) is 0.938. The quantitative estimate of drug-likeness (QED) is 0.501. The monoisotopic (exact) mass is 253 g/mol. The molecule has 0 saturated carbocycles. The summed E-state index contributed by atoms with van der Waals surface area (Å²) in [6, 6.07) is 9.30. The maximum atomic E-state index is 7.50. The number of rotatable bonds is 0. The van der Waals surface area contributed by atoms with Crippen molar-refractivity contribution in [2.75, 3.05) is 0 Å². The first-order valence-electron chi connectivity index (χ1n) is 3.61. The predicted molar refractivity (Wildman–Crippen MR) is 48.9 cm³/mol. The van der Waals surface area contributed by atoms with Crippen molar-refractivity contribution in [2.24, 2.45) is 0 Å². The Labute approximate surface area is 107 Å². The van der Waals surface area contributed by atoms with Crippen molar-refractivity contribution >= 4 is 0 Å². The van der Waals surface area contributed by atoms with Crippen LogP contribution in [0.4, 0.5) is 0 Å². The van der Waals surface area contributed by atoms with Crippen LogP contribution in [0, 0.1) is 58.9 Å². The molecule has 0 amide bonds. The molecular weight excluding hydrogens is 244 g/mol. The zero-order chi connectivity index (χ0) is 12.9. The SMILES string of the molecule is Cc1[c-]c(C)[c-]c(C)[c-]1.[C-]#[O+].[C-]#[O+].[C-]#[O+].[Cr+3]. The topological polar surface area (TPSA) is 59.7 Å². The van der Waals surface area contributed by atoms with Crippen molar-refractivity contribution < 1.29 is 31.3 Å². The standard InChI is InChI=1S/C9H9.3CO.Cr/c1-7-4-8(2)6-9(3)5-7;3*1-2;/h1-3H3;;;;/q-3;;;;+3. The van der Waals surface area contributed by atoms with Crippen LogP contribution in [0.1, 0.15) is 16.7 Å². The fourth-order valence-corrected chi connectivity index (χ4v) is 0.938. The molecular formula is C12H9CrO3. The van der Waals surface area contributed by atoms with Crippen molar-refractivity contribution in [3.8, 4) is 0 Å². The van der Waals surface area contributed by atoms with Crippen LogP contribution < -0.4 is 0 Å². The first-order valence-corrected chi connectivity index (χ1v) is 3.61. The van der Waals surface area contributed by atoms with Gasteiger partial charge in [0.2, 0.25) is 0 Å². The molecule has 0 fully saturated rings. The Balaban J connectivity index is -0.0000000900. The second-order valence-electron chi connectivity index (χ2n) is 2.25. The van der Waals surface area contributed by atoms with Gasteiger partial charge in [0, 0.05) is 0 Å². The van der Waals surface area contributed by atoms with Crippen LogP contribution in [0.5, 0.6) is 0 Å². The average Bonchev–Trinajstić information content (AvgIpc) is 2.24. The molecule has 1 rings (SSSR count). The molecule has 3 nitrogen and oxygen atoms in total. The number of hydrogen-bond acceptors (Lipinski definition) is 0. The van der Waals surface area contributed by atoms with Crippen LogP contribution in [-0.4, -0.2) is 0 Å². The molecule has 0 saturated heterocycles. The van der Waals surface area contributed by atoms with Gasteiger partial charge in [-0.05, 0) is 0 Å². The molecule has 0 aliphatic rings. The summed E-state index contributed by atoms with van der Waals surface area (Å²) in [6.07, 6.45) is 0. The molecule has 1 aromatic carbocycles. The Morgan fingerprint density at radius 3 is 0.875 bits per heavy atom. The minimum atomic E-state index is 0. The van der Waals surface area contributed by atoms with Gasteiger partial charge in [0.05, 0.1) is 0 Å². The third kappa shape index (κ3) is 15.4. The molecule has 1 aromatic rings. The van der Waals surface area contributed by atoms with Crippen LogP contribution in [0.2, 0.25) is 0 Å². The van der Waals surface area contributed by atoms with E-state index in [2.05, 4.69) is 38.2 Å². The van der Waals surface area contributed by atoms with Crippen LogP contribution in [0.25, 0.3) is 0 Å². The van der Waals surface area contributed by atoms with E-state index in [9.17, 15) is 0 Å². The van der Waals surface area contributed by atoms with Gasteiger partial charge in [-0.3, -0.25) is 0 Å². The molecule has 0 bridgehead atoms. The van der Waals surface area contributed by atoms with E-state index in [4.69, 9.17) is 14.0 Å². The molecule has 4 heteroatoms. The summed E-state index contributed by atoms with van der Waals surface area (Å²) < 4.78 is 22.5. The second kappa shape index (κ2) is 19.5. The summed E-state index contributed by atoms with van der Waals surface area (Å²) in [5.74, 6) is 0. The Hall–Kier alpha value is -1.03. The molecule has 81 valence electrons. The maximum absolute atomic E-state index is 7.50. The van der Waals surface area contributed by atoms with Crippen LogP contribution in [0.3, 0.4) is 0 Å². The smallest absolute Gasteiger partial charge is 3.00 e. The zero-order valence-corrected chi connectivity index (χ0v) is 10.4. The van der Waals surface area contributed by atoms with E-state index in [1.807, 2.05) is 20.8 Å². The van der Waals surface area contributed by atoms with E-state index in [0.717, 1.165) is 16.7 Å². The van der Waals surface area contributed by atoms with Crippen molar-refractivity contribution in [3.05, 3.63) is 54.8 Å². The van der Waals surface area contributed by atoms with E-state index < -0.39 is 0 Å². The summed E-state index contributed by atoms with van der Waals surface area (Å²) in [7, 11) is 0. The van der Waals surface area contributed by atoms with Crippen molar-refractivity contribution in [1.82, 2.24) is 0 Å². The molecule has 0 N–H and O–H groups in total. The van der Waals surface area contributed by atoms with Gasteiger partial charge < -0.3 is 34.9 Å². The minimum Gasteiger partial charge on any atom is 3.00 e. The molecule has 0 spiro atoms. The third-order valence-electron chi connectivity index (χ3n) is 1.12. The number of aryl methyl sites for hydroxylation is 3. The van der Waals surface area contributed by atoms with Gasteiger partial charge in [0.15, 0.2) is 0 Å². The van der Waals surface area contributed by atoms with Crippen molar-refractivity contribution in [2.45, 2.75) is 20.8 Å². The van der Waals surface area contributed by atoms with Gasteiger partial charge in [-0.1, -0.05) is 0 Å². The number of benzene rings is 1. The van der Waals surface area contributed by atoms with Gasteiger partial charge >= 0.3 is 51.3 Å². The van der Waals surface area contributed by atoms with E-state index >= 15 is 0 Å². The van der Waals surface area contributed by atoms with E-state index in [1.54, 1.807) is 0 Å². The first kappa shape index (κ1) is 24.3. The molecule has 0 aliphatic carbocycles. The molecule has 0 atom stereocenters. The summed E-state index contributed by atoms with van der Waals surface area (Å²) in [4.78, 5) is 0. The molecule has 0 unspecified atom stereocenters. The summed E-state index contributed by atoms with van der Waals surface area (Å²) in [5.41, 5.74) is 3.22. The van der Waals surface area contributed by atoms with Gasteiger partial charge in [-0.2, -0.15) is 0 Å². The normalized spacial score (nSPS) is 5.81. The second-order valence-corrected chi connectivity index (χ2v) is 2.25. The van der Waals surface area contributed by atoms with Crippen LogP contribution in [-0.2, 0) is 31.3 Å². The number of hydrogen-bond donors (Lipinski definition) is 0. The molecule has 0 heterocycles. The van der Waals surface area contributed by atoms with Crippen LogP contribution in [0.15, 0.2) is 0 Å². The van der Waals surface area contributed by atoms with E-state index in [-0.39, 0.29) is 17.4 Å². The van der Waals surface area contributed by atoms with Crippen LogP contribution >= 0.6 is 0 Å². The minimum absolute atomic E-state index is 0. The molecule has 0 aromatic heterocycles. The summed E-state index contributed by atoms with van der Waals surface area (Å²) in [5, 5.41) is 0. The third-order valence-corrected chi connectivity index (χ3v) is 1.12. The molecule has 16 heavy (non-hydrogen) atoms. The maximum Gasteiger partial charge on any atom is 3.00 e.